The largest absolute Gasteiger partial charge is 0.394 e. The number of hydrogen-bond donors (Lipinski definition) is 6. The SMILES string of the molecule is CC/C=C\C/C=C\C/C=C\C/C=C\C/C=C\C/C=C\C/C=C\C/C=C\CCCCCCCCCCCCCCCCCCC(=O)NC(COC1OC(CO)C(O)C(O)C1O)C(O)CCCCCCCCCCCCCCCCCCCC. The molecule has 1 amide bonds. The lowest BCUT2D eigenvalue weighted by atomic mass is 9.99. The molecule has 0 spiro atoms. The van der Waals surface area contributed by atoms with Gasteiger partial charge in [0.1, 0.15) is 24.4 Å². The minimum absolute atomic E-state index is 0.138. The van der Waals surface area contributed by atoms with Gasteiger partial charge in [0.05, 0.1) is 25.4 Å². The molecule has 7 unspecified atom stereocenters. The van der Waals surface area contributed by atoms with Crippen molar-refractivity contribution in [3.63, 3.8) is 0 Å². The minimum Gasteiger partial charge on any atom is -0.394 e. The first-order valence-corrected chi connectivity index (χ1v) is 34.4. The van der Waals surface area contributed by atoms with Crippen LogP contribution in [0.4, 0.5) is 0 Å². The van der Waals surface area contributed by atoms with Gasteiger partial charge in [-0.1, -0.05) is 317 Å². The molecule has 0 radical (unpaired) electrons. The number of ether oxygens (including phenoxy) is 2. The third-order valence-electron chi connectivity index (χ3n) is 16.0. The third-order valence-corrected chi connectivity index (χ3v) is 16.0. The maximum Gasteiger partial charge on any atom is 0.220 e. The quantitative estimate of drug-likeness (QED) is 0.0261. The Labute approximate surface area is 504 Å². The Bertz CT molecular complexity index is 1620. The predicted molar refractivity (Wildman–Crippen MR) is 350 cm³/mol. The van der Waals surface area contributed by atoms with Crippen LogP contribution in [0.5, 0.6) is 0 Å². The van der Waals surface area contributed by atoms with Gasteiger partial charge in [0.2, 0.25) is 5.91 Å². The van der Waals surface area contributed by atoms with E-state index in [0.717, 1.165) is 89.9 Å². The number of aliphatic hydroxyl groups is 5. The zero-order chi connectivity index (χ0) is 59.3. The van der Waals surface area contributed by atoms with E-state index in [1.165, 1.54) is 186 Å². The number of unbranched alkanes of at least 4 members (excludes halogenated alkanes) is 33. The molecule has 82 heavy (non-hydrogen) atoms. The normalized spacial score (nSPS) is 18.9. The predicted octanol–water partition coefficient (Wildman–Crippen LogP) is 18.7. The Morgan fingerprint density at radius 3 is 1.12 bits per heavy atom. The van der Waals surface area contributed by atoms with Gasteiger partial charge in [-0.15, -0.1) is 0 Å². The Kier molecular flexibility index (Phi) is 57.6. The van der Waals surface area contributed by atoms with E-state index in [2.05, 4.69) is 116 Å². The highest BCUT2D eigenvalue weighted by Gasteiger charge is 2.44. The van der Waals surface area contributed by atoms with Gasteiger partial charge in [0.25, 0.3) is 0 Å². The van der Waals surface area contributed by atoms with Crippen molar-refractivity contribution >= 4 is 5.91 Å². The Hall–Kier alpha value is -2.89. The Balaban J connectivity index is 2.08. The first-order chi connectivity index (χ1) is 40.3. The number of hydrogen-bond acceptors (Lipinski definition) is 8. The number of allylic oxidation sites excluding steroid dienone is 16. The maximum absolute atomic E-state index is 13.1. The van der Waals surface area contributed by atoms with Gasteiger partial charge in [-0.05, 0) is 77.0 Å². The van der Waals surface area contributed by atoms with Crippen molar-refractivity contribution in [2.75, 3.05) is 13.2 Å². The van der Waals surface area contributed by atoms with E-state index in [4.69, 9.17) is 9.47 Å². The van der Waals surface area contributed by atoms with Crippen LogP contribution in [-0.4, -0.2) is 87.5 Å². The Morgan fingerprint density at radius 1 is 0.427 bits per heavy atom. The van der Waals surface area contributed by atoms with Crippen LogP contribution in [0.3, 0.4) is 0 Å². The standard InChI is InChI=1S/C73H129NO8/c1-3-5-7-9-11-13-15-17-19-21-23-24-25-26-27-28-29-30-31-32-33-34-35-36-37-38-39-40-41-42-43-44-45-47-49-51-53-55-57-59-61-63-69(77)74-66(65-81-73-72(80)71(79)70(78)68(64-75)82-73)67(76)62-60-58-56-54-52-50-48-46-22-20-18-16-14-12-10-8-6-4-2/h5,7,11,13,17,19,23-24,26-27,29-30,32-33,35-36,66-68,70-73,75-76,78-80H,3-4,6,8-10,12,14-16,18,20-22,25,28,31,34,37-65H2,1-2H3,(H,74,77)/b7-5-,13-11-,19-17-,24-23-,27-26-,30-29-,33-32-,36-35-. The molecule has 7 atom stereocenters. The summed E-state index contributed by atoms with van der Waals surface area (Å²) in [6.45, 7) is 3.75. The molecule has 0 aromatic carbocycles. The molecule has 6 N–H and O–H groups in total. The van der Waals surface area contributed by atoms with Crippen LogP contribution < -0.4 is 5.32 Å². The highest BCUT2D eigenvalue weighted by molar-refractivity contribution is 5.76. The van der Waals surface area contributed by atoms with Gasteiger partial charge in [-0.2, -0.15) is 0 Å². The van der Waals surface area contributed by atoms with Gasteiger partial charge in [0.15, 0.2) is 6.29 Å². The summed E-state index contributed by atoms with van der Waals surface area (Å²) in [7, 11) is 0. The molecule has 9 nitrogen and oxygen atoms in total. The van der Waals surface area contributed by atoms with E-state index in [1.807, 2.05) is 0 Å². The Morgan fingerprint density at radius 2 is 0.756 bits per heavy atom. The van der Waals surface area contributed by atoms with Crippen LogP contribution in [0.1, 0.15) is 303 Å². The summed E-state index contributed by atoms with van der Waals surface area (Å²) in [6.07, 6.45) is 81.8. The topological polar surface area (TPSA) is 149 Å². The summed E-state index contributed by atoms with van der Waals surface area (Å²) in [4.78, 5) is 13.1. The number of aliphatic hydroxyl groups excluding tert-OH is 5. The number of carbonyl (C=O) groups excluding carboxylic acids is 1. The van der Waals surface area contributed by atoms with Crippen LogP contribution in [0.15, 0.2) is 97.2 Å². The van der Waals surface area contributed by atoms with Crippen LogP contribution in [0.2, 0.25) is 0 Å². The van der Waals surface area contributed by atoms with E-state index in [-0.39, 0.29) is 12.5 Å². The summed E-state index contributed by atoms with van der Waals surface area (Å²) < 4.78 is 11.3. The summed E-state index contributed by atoms with van der Waals surface area (Å²) in [6, 6.07) is -0.723. The van der Waals surface area contributed by atoms with Gasteiger partial charge >= 0.3 is 0 Å². The monoisotopic (exact) mass is 1150 g/mol. The van der Waals surface area contributed by atoms with E-state index >= 15 is 0 Å². The summed E-state index contributed by atoms with van der Waals surface area (Å²) in [5.74, 6) is -0.143. The second kappa shape index (κ2) is 61.2. The molecule has 0 saturated carbocycles. The number of rotatable bonds is 59. The fourth-order valence-electron chi connectivity index (χ4n) is 10.6. The molecular weight excluding hydrogens is 1020 g/mol. The average Bonchev–Trinajstić information content (AvgIpc) is 3.57. The van der Waals surface area contributed by atoms with Crippen molar-refractivity contribution in [1.29, 1.82) is 0 Å². The fraction of sp³-hybridized carbons (Fsp3) is 0.767. The molecule has 1 rings (SSSR count). The second-order valence-electron chi connectivity index (χ2n) is 23.6. The van der Waals surface area contributed by atoms with Crippen LogP contribution >= 0.6 is 0 Å². The van der Waals surface area contributed by atoms with Crippen molar-refractivity contribution in [2.45, 2.75) is 346 Å². The van der Waals surface area contributed by atoms with Crippen molar-refractivity contribution in [3.05, 3.63) is 97.2 Å². The van der Waals surface area contributed by atoms with Gasteiger partial charge in [-0.25, -0.2) is 0 Å². The number of nitrogens with one attached hydrogen (secondary N) is 1. The lowest BCUT2D eigenvalue weighted by Crippen LogP contribution is -2.60. The van der Waals surface area contributed by atoms with E-state index in [0.29, 0.717) is 12.8 Å². The smallest absolute Gasteiger partial charge is 0.220 e. The van der Waals surface area contributed by atoms with Crippen molar-refractivity contribution in [1.82, 2.24) is 5.32 Å². The van der Waals surface area contributed by atoms with E-state index < -0.39 is 49.5 Å². The van der Waals surface area contributed by atoms with Gasteiger partial charge in [0, 0.05) is 6.42 Å². The molecule has 474 valence electrons. The van der Waals surface area contributed by atoms with Crippen LogP contribution in [0.25, 0.3) is 0 Å². The second-order valence-corrected chi connectivity index (χ2v) is 23.6. The molecule has 1 aliphatic heterocycles. The summed E-state index contributed by atoms with van der Waals surface area (Å²) in [5, 5.41) is 54.8. The molecule has 0 bridgehead atoms. The van der Waals surface area contributed by atoms with Gasteiger partial charge < -0.3 is 40.3 Å². The van der Waals surface area contributed by atoms with Crippen molar-refractivity contribution < 1.29 is 39.8 Å². The van der Waals surface area contributed by atoms with E-state index in [9.17, 15) is 30.3 Å². The van der Waals surface area contributed by atoms with Crippen molar-refractivity contribution in [2.24, 2.45) is 0 Å². The molecule has 1 fully saturated rings. The number of carbonyl (C=O) groups is 1. The zero-order valence-electron chi connectivity index (χ0n) is 53.0. The summed E-state index contributed by atoms with van der Waals surface area (Å²) in [5.41, 5.74) is 0. The highest BCUT2D eigenvalue weighted by atomic mass is 16.7. The lowest BCUT2D eigenvalue weighted by molar-refractivity contribution is -0.302. The molecule has 1 saturated heterocycles. The zero-order valence-corrected chi connectivity index (χ0v) is 53.0. The summed E-state index contributed by atoms with van der Waals surface area (Å²) >= 11 is 0. The molecule has 9 heteroatoms. The third kappa shape index (κ3) is 49.4. The minimum atomic E-state index is -1.56. The lowest BCUT2D eigenvalue weighted by Gasteiger charge is -2.40. The van der Waals surface area contributed by atoms with E-state index in [1.54, 1.807) is 0 Å². The van der Waals surface area contributed by atoms with Gasteiger partial charge in [-0.3, -0.25) is 4.79 Å². The number of amides is 1. The van der Waals surface area contributed by atoms with Crippen LogP contribution in [-0.2, 0) is 14.3 Å². The molecule has 0 aromatic heterocycles. The molecule has 0 aliphatic carbocycles. The van der Waals surface area contributed by atoms with Crippen LogP contribution in [0, 0.1) is 0 Å². The highest BCUT2D eigenvalue weighted by Crippen LogP contribution is 2.23. The first-order valence-electron chi connectivity index (χ1n) is 34.4. The van der Waals surface area contributed by atoms with Crippen molar-refractivity contribution in [3.8, 4) is 0 Å². The maximum atomic E-state index is 13.1. The molecular formula is C73H129NO8. The first kappa shape index (κ1) is 77.1. The molecule has 0 aromatic rings. The average molecular weight is 1150 g/mol. The molecule has 1 aliphatic rings. The molecule has 1 heterocycles. The fourth-order valence-corrected chi connectivity index (χ4v) is 10.6.